The van der Waals surface area contributed by atoms with Gasteiger partial charge in [-0.3, -0.25) is 0 Å². The van der Waals surface area contributed by atoms with Gasteiger partial charge in [-0.15, -0.1) is 0 Å². The second kappa shape index (κ2) is 4.03. The molecule has 0 atom stereocenters. The van der Waals surface area contributed by atoms with Gasteiger partial charge in [0, 0.05) is 10.0 Å². The Kier molecular flexibility index (Phi) is 2.93. The molecule has 1 aliphatic rings. The van der Waals surface area contributed by atoms with Crippen molar-refractivity contribution >= 4 is 15.9 Å². The number of nitrogens with two attached hydrogens (primary N) is 1. The van der Waals surface area contributed by atoms with Gasteiger partial charge >= 0.3 is 0 Å². The van der Waals surface area contributed by atoms with E-state index in [2.05, 4.69) is 40.2 Å². The topological polar surface area (TPSA) is 26.0 Å². The highest BCUT2D eigenvalue weighted by Gasteiger charge is 2.29. The standard InChI is InChI=1S/C12H16BrN/c13-11-6-4-5-10(9-11)12(14)7-2-1-3-8-12/h4-6,9H,1-3,7-8,14H2. The summed E-state index contributed by atoms with van der Waals surface area (Å²) < 4.78 is 1.13. The van der Waals surface area contributed by atoms with E-state index in [1.54, 1.807) is 0 Å². The van der Waals surface area contributed by atoms with Crippen LogP contribution in [-0.4, -0.2) is 0 Å². The van der Waals surface area contributed by atoms with Crippen LogP contribution in [0.25, 0.3) is 0 Å². The lowest BCUT2D eigenvalue weighted by Gasteiger charge is -2.34. The smallest absolute Gasteiger partial charge is 0.0410 e. The minimum absolute atomic E-state index is 0.0674. The van der Waals surface area contributed by atoms with Gasteiger partial charge in [-0.2, -0.15) is 0 Å². The van der Waals surface area contributed by atoms with Crippen molar-refractivity contribution in [1.29, 1.82) is 0 Å². The zero-order valence-corrected chi connectivity index (χ0v) is 9.89. The van der Waals surface area contributed by atoms with Crippen LogP contribution in [0.5, 0.6) is 0 Å². The summed E-state index contributed by atoms with van der Waals surface area (Å²) in [5.41, 5.74) is 7.64. The molecule has 2 rings (SSSR count). The SMILES string of the molecule is NC1(c2cccc(Br)c2)CCCCC1. The molecular weight excluding hydrogens is 238 g/mol. The normalized spacial score (nSPS) is 20.7. The van der Waals surface area contributed by atoms with Crippen LogP contribution in [0, 0.1) is 0 Å². The molecule has 0 aromatic heterocycles. The molecule has 0 saturated heterocycles. The van der Waals surface area contributed by atoms with Gasteiger partial charge in [-0.05, 0) is 30.5 Å². The number of benzene rings is 1. The van der Waals surface area contributed by atoms with Crippen molar-refractivity contribution in [3.05, 3.63) is 34.3 Å². The Morgan fingerprint density at radius 2 is 1.86 bits per heavy atom. The van der Waals surface area contributed by atoms with E-state index in [1.807, 2.05) is 0 Å². The summed E-state index contributed by atoms with van der Waals surface area (Å²) in [6.07, 6.45) is 6.13. The molecule has 1 saturated carbocycles. The molecule has 14 heavy (non-hydrogen) atoms. The molecule has 0 amide bonds. The molecule has 0 heterocycles. The number of rotatable bonds is 1. The molecule has 2 N–H and O–H groups in total. The molecule has 0 spiro atoms. The van der Waals surface area contributed by atoms with Crippen LogP contribution in [0.4, 0.5) is 0 Å². The molecule has 1 nitrogen and oxygen atoms in total. The second-order valence-electron chi connectivity index (χ2n) is 4.23. The van der Waals surface area contributed by atoms with Crippen molar-refractivity contribution in [3.8, 4) is 0 Å². The van der Waals surface area contributed by atoms with Gasteiger partial charge in [-0.25, -0.2) is 0 Å². The summed E-state index contributed by atoms with van der Waals surface area (Å²) in [5.74, 6) is 0. The third-order valence-corrected chi connectivity index (χ3v) is 3.64. The zero-order chi connectivity index (χ0) is 10.0. The molecular formula is C12H16BrN. The van der Waals surface area contributed by atoms with E-state index in [4.69, 9.17) is 5.73 Å². The van der Waals surface area contributed by atoms with Gasteiger partial charge in [0.05, 0.1) is 0 Å². The first kappa shape index (κ1) is 10.2. The molecule has 1 aromatic rings. The summed E-state index contributed by atoms with van der Waals surface area (Å²) in [5, 5.41) is 0. The number of hydrogen-bond acceptors (Lipinski definition) is 1. The van der Waals surface area contributed by atoms with E-state index in [0.29, 0.717) is 0 Å². The lowest BCUT2D eigenvalue weighted by Crippen LogP contribution is -2.38. The first-order chi connectivity index (χ1) is 6.71. The van der Waals surface area contributed by atoms with Gasteiger partial charge < -0.3 is 5.73 Å². The zero-order valence-electron chi connectivity index (χ0n) is 8.30. The van der Waals surface area contributed by atoms with Gasteiger partial charge in [0.2, 0.25) is 0 Å². The summed E-state index contributed by atoms with van der Waals surface area (Å²) in [7, 11) is 0. The van der Waals surface area contributed by atoms with Crippen LogP contribution < -0.4 is 5.73 Å². The first-order valence-electron chi connectivity index (χ1n) is 5.26. The van der Waals surface area contributed by atoms with Crippen molar-refractivity contribution in [1.82, 2.24) is 0 Å². The summed E-state index contributed by atoms with van der Waals surface area (Å²) in [6, 6.07) is 8.43. The van der Waals surface area contributed by atoms with E-state index >= 15 is 0 Å². The summed E-state index contributed by atoms with van der Waals surface area (Å²) in [4.78, 5) is 0. The fourth-order valence-corrected chi connectivity index (χ4v) is 2.67. The van der Waals surface area contributed by atoms with Crippen molar-refractivity contribution in [2.45, 2.75) is 37.6 Å². The third kappa shape index (κ3) is 2.01. The molecule has 76 valence electrons. The maximum absolute atomic E-state index is 6.43. The summed E-state index contributed by atoms with van der Waals surface area (Å²) in [6.45, 7) is 0. The predicted octanol–water partition coefficient (Wildman–Crippen LogP) is 3.57. The molecule has 1 aromatic carbocycles. The van der Waals surface area contributed by atoms with E-state index in [-0.39, 0.29) is 5.54 Å². The Hall–Kier alpha value is -0.340. The highest BCUT2D eigenvalue weighted by atomic mass is 79.9. The Balaban J connectivity index is 2.28. The highest BCUT2D eigenvalue weighted by Crippen LogP contribution is 2.35. The fraction of sp³-hybridized carbons (Fsp3) is 0.500. The van der Waals surface area contributed by atoms with Crippen molar-refractivity contribution in [2.75, 3.05) is 0 Å². The third-order valence-electron chi connectivity index (χ3n) is 3.15. The van der Waals surface area contributed by atoms with E-state index in [1.165, 1.54) is 24.8 Å². The van der Waals surface area contributed by atoms with Crippen LogP contribution in [0.3, 0.4) is 0 Å². The quantitative estimate of drug-likeness (QED) is 0.814. The molecule has 0 unspecified atom stereocenters. The van der Waals surface area contributed by atoms with Crippen LogP contribution in [0.1, 0.15) is 37.7 Å². The predicted molar refractivity (Wildman–Crippen MR) is 63.1 cm³/mol. The van der Waals surface area contributed by atoms with E-state index in [0.717, 1.165) is 17.3 Å². The maximum atomic E-state index is 6.43. The lowest BCUT2D eigenvalue weighted by molar-refractivity contribution is 0.302. The van der Waals surface area contributed by atoms with Crippen molar-refractivity contribution in [2.24, 2.45) is 5.73 Å². The number of halogens is 1. The molecule has 2 heteroatoms. The fourth-order valence-electron chi connectivity index (χ4n) is 2.27. The number of hydrogen-bond donors (Lipinski definition) is 1. The highest BCUT2D eigenvalue weighted by molar-refractivity contribution is 9.10. The van der Waals surface area contributed by atoms with Gasteiger partial charge in [0.15, 0.2) is 0 Å². The van der Waals surface area contributed by atoms with Crippen molar-refractivity contribution in [3.63, 3.8) is 0 Å². The molecule has 0 radical (unpaired) electrons. The average Bonchev–Trinajstić information content (AvgIpc) is 2.19. The minimum Gasteiger partial charge on any atom is -0.321 e. The van der Waals surface area contributed by atoms with Gasteiger partial charge in [-0.1, -0.05) is 47.3 Å². The molecule has 0 bridgehead atoms. The van der Waals surface area contributed by atoms with Crippen LogP contribution in [0.15, 0.2) is 28.7 Å². The minimum atomic E-state index is -0.0674. The molecule has 0 aliphatic heterocycles. The van der Waals surface area contributed by atoms with E-state index < -0.39 is 0 Å². The monoisotopic (exact) mass is 253 g/mol. The van der Waals surface area contributed by atoms with Crippen LogP contribution in [0.2, 0.25) is 0 Å². The lowest BCUT2D eigenvalue weighted by atomic mass is 9.77. The molecule has 1 aliphatic carbocycles. The Morgan fingerprint density at radius 1 is 1.14 bits per heavy atom. The van der Waals surface area contributed by atoms with Crippen LogP contribution in [-0.2, 0) is 5.54 Å². The second-order valence-corrected chi connectivity index (χ2v) is 5.14. The van der Waals surface area contributed by atoms with Gasteiger partial charge in [0.1, 0.15) is 0 Å². The van der Waals surface area contributed by atoms with Gasteiger partial charge in [0.25, 0.3) is 0 Å². The Labute approximate surface area is 93.8 Å². The van der Waals surface area contributed by atoms with Crippen molar-refractivity contribution < 1.29 is 0 Å². The Morgan fingerprint density at radius 3 is 2.50 bits per heavy atom. The molecule has 1 fully saturated rings. The Bertz CT molecular complexity index is 316. The largest absolute Gasteiger partial charge is 0.321 e. The van der Waals surface area contributed by atoms with E-state index in [9.17, 15) is 0 Å². The maximum Gasteiger partial charge on any atom is 0.0410 e. The summed E-state index contributed by atoms with van der Waals surface area (Å²) >= 11 is 3.50. The first-order valence-corrected chi connectivity index (χ1v) is 6.05. The van der Waals surface area contributed by atoms with Crippen LogP contribution >= 0.6 is 15.9 Å². The average molecular weight is 254 g/mol.